The van der Waals surface area contributed by atoms with Gasteiger partial charge in [0.2, 0.25) is 0 Å². The molecule has 23 heavy (non-hydrogen) atoms. The van der Waals surface area contributed by atoms with Crippen LogP contribution in [0.1, 0.15) is 45.3 Å². The van der Waals surface area contributed by atoms with Gasteiger partial charge in [-0.1, -0.05) is 19.8 Å². The van der Waals surface area contributed by atoms with Crippen LogP contribution in [-0.4, -0.2) is 38.9 Å². The molecule has 0 aliphatic heterocycles. The van der Waals surface area contributed by atoms with E-state index in [-0.39, 0.29) is 23.9 Å². The summed E-state index contributed by atoms with van der Waals surface area (Å²) in [6, 6.07) is 2.94. The first-order valence-electron chi connectivity index (χ1n) is 8.12. The van der Waals surface area contributed by atoms with Crippen molar-refractivity contribution in [1.82, 2.24) is 10.6 Å². The summed E-state index contributed by atoms with van der Waals surface area (Å²) in [7, 11) is -0.912. The van der Waals surface area contributed by atoms with E-state index < -0.39 is 16.4 Å². The van der Waals surface area contributed by atoms with Gasteiger partial charge in [-0.3, -0.25) is 4.21 Å². The lowest BCUT2D eigenvalue weighted by Crippen LogP contribution is -2.52. The summed E-state index contributed by atoms with van der Waals surface area (Å²) < 4.78 is 17.3. The van der Waals surface area contributed by atoms with Crippen molar-refractivity contribution in [2.24, 2.45) is 0 Å². The Labute approximate surface area is 139 Å². The molecule has 6 nitrogen and oxygen atoms in total. The maximum absolute atomic E-state index is 12.1. The quantitative estimate of drug-likeness (QED) is 0.736. The molecule has 0 spiro atoms. The third-order valence-electron chi connectivity index (χ3n) is 4.29. The smallest absolute Gasteiger partial charge is 0.315 e. The van der Waals surface area contributed by atoms with Crippen LogP contribution in [-0.2, 0) is 16.4 Å². The first kappa shape index (κ1) is 18.0. The monoisotopic (exact) mass is 342 g/mol. The van der Waals surface area contributed by atoms with Gasteiger partial charge in [-0.25, -0.2) is 4.79 Å². The van der Waals surface area contributed by atoms with Crippen LogP contribution in [0.3, 0.4) is 0 Å². The maximum atomic E-state index is 12.1. The molecule has 1 aromatic rings. The van der Waals surface area contributed by atoms with Crippen LogP contribution in [0.15, 0.2) is 22.8 Å². The largest absolute Gasteiger partial charge is 0.466 e. The van der Waals surface area contributed by atoms with Gasteiger partial charge in [0.05, 0.1) is 18.1 Å². The Morgan fingerprint density at radius 2 is 2.22 bits per heavy atom. The van der Waals surface area contributed by atoms with Crippen molar-refractivity contribution in [2.45, 2.75) is 56.4 Å². The average molecular weight is 342 g/mol. The molecule has 130 valence electrons. The van der Waals surface area contributed by atoms with Crippen LogP contribution in [0, 0.1) is 0 Å². The summed E-state index contributed by atoms with van der Waals surface area (Å²) >= 11 is 0. The fourth-order valence-corrected chi connectivity index (χ4v) is 4.36. The standard InChI is InChI=1S/C16H26N2O4S/c1-3-23(21)13-8-5-4-7-12(13)18-15(19)17-11-16(2,20)14-9-6-10-22-14/h6,9-10,12-13,20H,3-5,7-8,11H2,1-2H3,(H2,17,18,19). The number of aliphatic hydroxyl groups is 1. The van der Waals surface area contributed by atoms with E-state index >= 15 is 0 Å². The first-order valence-corrected chi connectivity index (χ1v) is 9.50. The van der Waals surface area contributed by atoms with Crippen LogP contribution in [0.25, 0.3) is 0 Å². The summed E-state index contributed by atoms with van der Waals surface area (Å²) in [6.45, 7) is 3.53. The fourth-order valence-electron chi connectivity index (χ4n) is 2.93. The van der Waals surface area contributed by atoms with Crippen LogP contribution < -0.4 is 10.6 Å². The van der Waals surface area contributed by atoms with Gasteiger partial charge in [-0.15, -0.1) is 0 Å². The predicted octanol–water partition coefficient (Wildman–Crippen LogP) is 1.87. The Morgan fingerprint density at radius 1 is 1.48 bits per heavy atom. The Hall–Kier alpha value is -1.34. The molecule has 2 amide bonds. The van der Waals surface area contributed by atoms with Gasteiger partial charge in [0, 0.05) is 22.6 Å². The molecule has 2 rings (SSSR count). The molecule has 1 fully saturated rings. The van der Waals surface area contributed by atoms with Gasteiger partial charge in [-0.2, -0.15) is 0 Å². The lowest BCUT2D eigenvalue weighted by atomic mass is 9.95. The van der Waals surface area contributed by atoms with E-state index in [9.17, 15) is 14.1 Å². The zero-order valence-corrected chi connectivity index (χ0v) is 14.5. The van der Waals surface area contributed by atoms with Gasteiger partial charge in [0.25, 0.3) is 0 Å². The molecule has 1 saturated carbocycles. The van der Waals surface area contributed by atoms with E-state index in [0.29, 0.717) is 11.5 Å². The van der Waals surface area contributed by atoms with E-state index in [1.165, 1.54) is 6.26 Å². The van der Waals surface area contributed by atoms with Crippen molar-refractivity contribution in [2.75, 3.05) is 12.3 Å². The minimum absolute atomic E-state index is 0.0186. The molecule has 0 radical (unpaired) electrons. The molecule has 4 unspecified atom stereocenters. The van der Waals surface area contributed by atoms with Crippen molar-refractivity contribution in [3.63, 3.8) is 0 Å². The van der Waals surface area contributed by atoms with Gasteiger partial charge >= 0.3 is 6.03 Å². The second-order valence-electron chi connectivity index (χ2n) is 6.18. The Kier molecular flexibility index (Phi) is 6.24. The molecule has 0 bridgehead atoms. The maximum Gasteiger partial charge on any atom is 0.315 e. The second-order valence-corrected chi connectivity index (χ2v) is 8.12. The number of hydrogen-bond donors (Lipinski definition) is 3. The summed E-state index contributed by atoms with van der Waals surface area (Å²) in [6.07, 6.45) is 5.31. The van der Waals surface area contributed by atoms with E-state index in [4.69, 9.17) is 4.42 Å². The summed E-state index contributed by atoms with van der Waals surface area (Å²) in [5.41, 5.74) is -1.26. The van der Waals surface area contributed by atoms with Crippen molar-refractivity contribution < 1.29 is 18.5 Å². The molecule has 3 N–H and O–H groups in total. The van der Waals surface area contributed by atoms with E-state index in [1.54, 1.807) is 19.1 Å². The first-order chi connectivity index (χ1) is 10.9. The molecule has 1 heterocycles. The molecule has 1 aliphatic rings. The third-order valence-corrected chi connectivity index (χ3v) is 6.10. The lowest BCUT2D eigenvalue weighted by molar-refractivity contribution is 0.0366. The molecular formula is C16H26N2O4S. The molecule has 4 atom stereocenters. The summed E-state index contributed by atoms with van der Waals surface area (Å²) in [5, 5.41) is 15.9. The number of rotatable bonds is 6. The van der Waals surface area contributed by atoms with Crippen molar-refractivity contribution in [3.8, 4) is 0 Å². The van der Waals surface area contributed by atoms with Crippen LogP contribution in [0.4, 0.5) is 4.79 Å². The van der Waals surface area contributed by atoms with Gasteiger partial charge in [0.15, 0.2) is 0 Å². The van der Waals surface area contributed by atoms with Gasteiger partial charge in [-0.05, 0) is 31.9 Å². The second kappa shape index (κ2) is 7.97. The van der Waals surface area contributed by atoms with Crippen molar-refractivity contribution in [3.05, 3.63) is 24.2 Å². The van der Waals surface area contributed by atoms with Crippen molar-refractivity contribution >= 4 is 16.8 Å². The zero-order chi connectivity index (χ0) is 16.9. The molecular weight excluding hydrogens is 316 g/mol. The Balaban J connectivity index is 1.87. The normalized spacial score (nSPS) is 25.3. The topological polar surface area (TPSA) is 91.6 Å². The number of carbonyl (C=O) groups is 1. The van der Waals surface area contributed by atoms with Crippen molar-refractivity contribution in [1.29, 1.82) is 0 Å². The number of carbonyl (C=O) groups excluding carboxylic acids is 1. The van der Waals surface area contributed by atoms with Gasteiger partial charge in [0.1, 0.15) is 11.4 Å². The summed E-state index contributed by atoms with van der Waals surface area (Å²) in [5.74, 6) is 1.01. The Bertz CT molecular complexity index is 530. The van der Waals surface area contributed by atoms with E-state index in [1.807, 2.05) is 6.92 Å². The molecule has 1 aliphatic carbocycles. The van der Waals surface area contributed by atoms with Crippen LogP contribution in [0.5, 0.6) is 0 Å². The minimum atomic E-state index is -1.26. The molecule has 7 heteroatoms. The average Bonchev–Trinajstić information content (AvgIpc) is 3.08. The minimum Gasteiger partial charge on any atom is -0.466 e. The SMILES string of the molecule is CCS(=O)C1CCCCC1NC(=O)NCC(C)(O)c1ccco1. The number of amides is 2. The molecule has 0 aromatic carbocycles. The number of urea groups is 1. The number of hydrogen-bond acceptors (Lipinski definition) is 4. The van der Waals surface area contributed by atoms with Crippen LogP contribution in [0.2, 0.25) is 0 Å². The number of nitrogens with one attached hydrogen (secondary N) is 2. The van der Waals surface area contributed by atoms with Crippen LogP contribution >= 0.6 is 0 Å². The Morgan fingerprint density at radius 3 is 2.87 bits per heavy atom. The zero-order valence-electron chi connectivity index (χ0n) is 13.7. The highest BCUT2D eigenvalue weighted by Crippen LogP contribution is 2.23. The highest BCUT2D eigenvalue weighted by molar-refractivity contribution is 7.85. The predicted molar refractivity (Wildman–Crippen MR) is 89.5 cm³/mol. The fraction of sp³-hybridized carbons (Fsp3) is 0.688. The third kappa shape index (κ3) is 4.81. The molecule has 1 aromatic heterocycles. The van der Waals surface area contributed by atoms with Gasteiger partial charge < -0.3 is 20.2 Å². The highest BCUT2D eigenvalue weighted by atomic mass is 32.2. The lowest BCUT2D eigenvalue weighted by Gasteiger charge is -2.31. The highest BCUT2D eigenvalue weighted by Gasteiger charge is 2.31. The summed E-state index contributed by atoms with van der Waals surface area (Å²) in [4.78, 5) is 12.1. The molecule has 0 saturated heterocycles. The number of furan rings is 1. The van der Waals surface area contributed by atoms with E-state index in [0.717, 1.165) is 25.7 Å². The van der Waals surface area contributed by atoms with E-state index in [2.05, 4.69) is 10.6 Å².